The Morgan fingerprint density at radius 3 is 2.45 bits per heavy atom. The van der Waals surface area contributed by atoms with Crippen LogP contribution in [0.4, 0.5) is 11.4 Å². The molecule has 7 heteroatoms. The topological polar surface area (TPSA) is 98.5 Å². The molecule has 1 amide bonds. The van der Waals surface area contributed by atoms with Gasteiger partial charge in [-0.2, -0.15) is 0 Å². The third kappa shape index (κ3) is 3.86. The van der Waals surface area contributed by atoms with E-state index >= 15 is 0 Å². The van der Waals surface area contributed by atoms with Crippen molar-refractivity contribution in [2.75, 3.05) is 23.9 Å². The molecule has 6 nitrogen and oxygen atoms in total. The lowest BCUT2D eigenvalue weighted by atomic mass is 10.2. The van der Waals surface area contributed by atoms with Gasteiger partial charge in [0.1, 0.15) is 11.5 Å². The van der Waals surface area contributed by atoms with Crippen LogP contribution in [0.15, 0.2) is 18.2 Å². The number of anilines is 2. The van der Waals surface area contributed by atoms with Crippen molar-refractivity contribution < 1.29 is 17.9 Å². The molecule has 1 aromatic rings. The standard InChI is InChI=1S/C13H20N2O4S/c1-13(2,3)20(17,18)8-12(16)15-10-7-9(14)5-6-11(10)19-4/h5-7H,8,14H2,1-4H3,(H,15,16). The van der Waals surface area contributed by atoms with E-state index in [1.165, 1.54) is 13.2 Å². The summed E-state index contributed by atoms with van der Waals surface area (Å²) in [6.45, 7) is 4.66. The van der Waals surface area contributed by atoms with Crippen LogP contribution in [0.2, 0.25) is 0 Å². The third-order valence-electron chi connectivity index (χ3n) is 2.75. The van der Waals surface area contributed by atoms with Gasteiger partial charge in [-0.25, -0.2) is 8.42 Å². The fourth-order valence-corrected chi connectivity index (χ4v) is 2.25. The average molecular weight is 300 g/mol. The van der Waals surface area contributed by atoms with Crippen LogP contribution in [-0.2, 0) is 14.6 Å². The highest BCUT2D eigenvalue weighted by atomic mass is 32.2. The number of methoxy groups -OCH3 is 1. The van der Waals surface area contributed by atoms with Crippen LogP contribution in [-0.4, -0.2) is 31.9 Å². The Hall–Kier alpha value is -1.76. The molecule has 0 fully saturated rings. The Labute approximate surface area is 119 Å². The van der Waals surface area contributed by atoms with Crippen LogP contribution in [0, 0.1) is 0 Å². The normalized spacial score (nSPS) is 12.0. The zero-order chi connectivity index (χ0) is 15.6. The number of nitrogens with two attached hydrogens (primary N) is 1. The van der Waals surface area contributed by atoms with Crippen molar-refractivity contribution >= 4 is 27.1 Å². The maximum atomic E-state index is 12.0. The van der Waals surface area contributed by atoms with Crippen molar-refractivity contribution in [2.24, 2.45) is 0 Å². The second-order valence-corrected chi connectivity index (χ2v) is 8.12. The number of hydrogen-bond acceptors (Lipinski definition) is 5. The summed E-state index contributed by atoms with van der Waals surface area (Å²) >= 11 is 0. The summed E-state index contributed by atoms with van der Waals surface area (Å²) in [5.74, 6) is -0.793. The van der Waals surface area contributed by atoms with Gasteiger partial charge in [-0.1, -0.05) is 0 Å². The van der Waals surface area contributed by atoms with Gasteiger partial charge in [0.05, 0.1) is 17.5 Å². The lowest BCUT2D eigenvalue weighted by molar-refractivity contribution is -0.113. The zero-order valence-corrected chi connectivity index (χ0v) is 12.9. The monoisotopic (exact) mass is 300 g/mol. The minimum atomic E-state index is -3.53. The van der Waals surface area contributed by atoms with E-state index in [9.17, 15) is 13.2 Å². The molecule has 0 aliphatic heterocycles. The predicted octanol–water partition coefficient (Wildman–Crippen LogP) is 1.43. The maximum Gasteiger partial charge on any atom is 0.239 e. The van der Waals surface area contributed by atoms with Crippen molar-refractivity contribution in [3.05, 3.63) is 18.2 Å². The van der Waals surface area contributed by atoms with Gasteiger partial charge in [0.15, 0.2) is 9.84 Å². The quantitative estimate of drug-likeness (QED) is 0.820. The van der Waals surface area contributed by atoms with Gasteiger partial charge >= 0.3 is 0 Å². The molecule has 0 aliphatic carbocycles. The molecule has 0 atom stereocenters. The molecule has 0 unspecified atom stereocenters. The molecule has 0 aliphatic rings. The SMILES string of the molecule is COc1ccc(N)cc1NC(=O)CS(=O)(=O)C(C)(C)C. The maximum absolute atomic E-state index is 12.0. The molecule has 0 saturated heterocycles. The molecule has 0 radical (unpaired) electrons. The lowest BCUT2D eigenvalue weighted by Crippen LogP contribution is -2.35. The first-order chi connectivity index (χ1) is 9.06. The predicted molar refractivity (Wildman–Crippen MR) is 79.6 cm³/mol. The van der Waals surface area contributed by atoms with E-state index in [1.807, 2.05) is 0 Å². The second kappa shape index (κ2) is 5.70. The minimum Gasteiger partial charge on any atom is -0.495 e. The fourth-order valence-electron chi connectivity index (χ4n) is 1.40. The molecule has 0 spiro atoms. The molecule has 0 bridgehead atoms. The van der Waals surface area contributed by atoms with E-state index in [4.69, 9.17) is 10.5 Å². The summed E-state index contributed by atoms with van der Waals surface area (Å²) < 4.78 is 28.0. The molecule has 0 aromatic heterocycles. The summed E-state index contributed by atoms with van der Waals surface area (Å²) in [7, 11) is -2.08. The Balaban J connectivity index is 2.90. The van der Waals surface area contributed by atoms with Crippen molar-refractivity contribution in [2.45, 2.75) is 25.5 Å². The number of ether oxygens (including phenoxy) is 1. The summed E-state index contributed by atoms with van der Waals surface area (Å²) in [5.41, 5.74) is 6.42. The summed E-state index contributed by atoms with van der Waals surface area (Å²) in [6.07, 6.45) is 0. The molecular formula is C13H20N2O4S. The fraction of sp³-hybridized carbons (Fsp3) is 0.462. The number of carbonyl (C=O) groups is 1. The molecule has 1 rings (SSSR count). The van der Waals surface area contributed by atoms with Crippen molar-refractivity contribution in [3.63, 3.8) is 0 Å². The Kier molecular flexibility index (Phi) is 4.65. The van der Waals surface area contributed by atoms with E-state index < -0.39 is 26.2 Å². The first-order valence-electron chi connectivity index (χ1n) is 6.02. The molecule has 20 heavy (non-hydrogen) atoms. The Bertz CT molecular complexity index is 603. The van der Waals surface area contributed by atoms with Gasteiger partial charge in [-0.05, 0) is 39.0 Å². The molecular weight excluding hydrogens is 280 g/mol. The van der Waals surface area contributed by atoms with Crippen molar-refractivity contribution in [1.82, 2.24) is 0 Å². The second-order valence-electron chi connectivity index (χ2n) is 5.38. The molecule has 0 saturated carbocycles. The van der Waals surface area contributed by atoms with Gasteiger partial charge in [0.2, 0.25) is 5.91 Å². The highest BCUT2D eigenvalue weighted by molar-refractivity contribution is 7.93. The summed E-state index contributed by atoms with van der Waals surface area (Å²) in [5, 5.41) is 2.51. The van der Waals surface area contributed by atoms with E-state index in [2.05, 4.69) is 5.32 Å². The summed E-state index contributed by atoms with van der Waals surface area (Å²) in [4.78, 5) is 11.9. The van der Waals surface area contributed by atoms with E-state index in [-0.39, 0.29) is 0 Å². The van der Waals surface area contributed by atoms with Gasteiger partial charge in [0, 0.05) is 5.69 Å². The first-order valence-corrected chi connectivity index (χ1v) is 7.68. The highest BCUT2D eigenvalue weighted by Gasteiger charge is 2.31. The lowest BCUT2D eigenvalue weighted by Gasteiger charge is -2.19. The number of amides is 1. The number of sulfone groups is 1. The molecule has 0 heterocycles. The van der Waals surface area contributed by atoms with Crippen molar-refractivity contribution in [1.29, 1.82) is 0 Å². The van der Waals surface area contributed by atoms with Gasteiger partial charge in [-0.3, -0.25) is 4.79 Å². The molecule has 112 valence electrons. The number of carbonyl (C=O) groups excluding carboxylic acids is 1. The van der Waals surface area contributed by atoms with Gasteiger partial charge in [-0.15, -0.1) is 0 Å². The van der Waals surface area contributed by atoms with Crippen LogP contribution in [0.3, 0.4) is 0 Å². The summed E-state index contributed by atoms with van der Waals surface area (Å²) in [6, 6.07) is 4.74. The van der Waals surface area contributed by atoms with Crippen LogP contribution in [0.1, 0.15) is 20.8 Å². The van der Waals surface area contributed by atoms with Crippen LogP contribution in [0.5, 0.6) is 5.75 Å². The van der Waals surface area contributed by atoms with Crippen LogP contribution < -0.4 is 15.8 Å². The van der Waals surface area contributed by atoms with E-state index in [0.717, 1.165) is 0 Å². The molecule has 1 aromatic carbocycles. The average Bonchev–Trinajstić information content (AvgIpc) is 2.26. The Morgan fingerprint density at radius 2 is 1.95 bits per heavy atom. The van der Waals surface area contributed by atoms with Crippen molar-refractivity contribution in [3.8, 4) is 5.75 Å². The third-order valence-corrected chi connectivity index (χ3v) is 5.26. The number of hydrogen-bond donors (Lipinski definition) is 2. The number of benzene rings is 1. The molecule has 3 N–H and O–H groups in total. The number of rotatable bonds is 4. The van der Waals surface area contributed by atoms with Gasteiger partial charge < -0.3 is 15.8 Å². The van der Waals surface area contributed by atoms with Gasteiger partial charge in [0.25, 0.3) is 0 Å². The Morgan fingerprint density at radius 1 is 1.35 bits per heavy atom. The smallest absolute Gasteiger partial charge is 0.239 e. The van der Waals surface area contributed by atoms with Crippen LogP contribution in [0.25, 0.3) is 0 Å². The largest absolute Gasteiger partial charge is 0.495 e. The van der Waals surface area contributed by atoms with E-state index in [0.29, 0.717) is 17.1 Å². The highest BCUT2D eigenvalue weighted by Crippen LogP contribution is 2.26. The number of nitrogen functional groups attached to an aromatic ring is 1. The minimum absolute atomic E-state index is 0.349. The first kappa shape index (κ1) is 16.3. The van der Waals surface area contributed by atoms with Crippen LogP contribution >= 0.6 is 0 Å². The number of nitrogens with one attached hydrogen (secondary N) is 1. The zero-order valence-electron chi connectivity index (χ0n) is 12.1. The van der Waals surface area contributed by atoms with E-state index in [1.54, 1.807) is 32.9 Å².